The zero-order valence-corrected chi connectivity index (χ0v) is 20.6. The van der Waals surface area contributed by atoms with Crippen molar-refractivity contribution in [2.24, 2.45) is 0 Å². The fraction of sp³-hybridized carbons (Fsp3) is 0.385. The summed E-state index contributed by atoms with van der Waals surface area (Å²) in [5.41, 5.74) is 3.75. The van der Waals surface area contributed by atoms with Gasteiger partial charge in [-0.2, -0.15) is 0 Å². The first-order valence-electron chi connectivity index (χ1n) is 11.6. The van der Waals surface area contributed by atoms with E-state index in [0.717, 1.165) is 29.1 Å². The van der Waals surface area contributed by atoms with E-state index < -0.39 is 16.9 Å². The molecule has 1 saturated heterocycles. The molecule has 1 fully saturated rings. The minimum atomic E-state index is -0.538. The number of carbonyl (C=O) groups is 2. The molecule has 1 atom stereocenters. The van der Waals surface area contributed by atoms with Crippen LogP contribution in [-0.4, -0.2) is 41.0 Å². The average Bonchev–Trinajstić information content (AvgIpc) is 3.06. The van der Waals surface area contributed by atoms with Crippen LogP contribution in [0.4, 0.5) is 16.2 Å². The maximum absolute atomic E-state index is 13.1. The Balaban J connectivity index is 1.64. The van der Waals surface area contributed by atoms with E-state index in [0.29, 0.717) is 17.2 Å². The summed E-state index contributed by atoms with van der Waals surface area (Å²) in [5.74, 6) is 0.478. The van der Waals surface area contributed by atoms with Gasteiger partial charge in [0.2, 0.25) is 0 Å². The molecule has 2 aromatic rings. The molecule has 0 saturated carbocycles. The van der Waals surface area contributed by atoms with E-state index in [1.807, 2.05) is 12.1 Å². The van der Waals surface area contributed by atoms with Gasteiger partial charge in [0.1, 0.15) is 11.4 Å². The van der Waals surface area contributed by atoms with Crippen LogP contribution in [0.2, 0.25) is 0 Å². The minimum Gasteiger partial charge on any atom is -0.496 e. The van der Waals surface area contributed by atoms with Gasteiger partial charge in [0.15, 0.2) is 0 Å². The predicted molar refractivity (Wildman–Crippen MR) is 133 cm³/mol. The Morgan fingerprint density at radius 1 is 1.23 bits per heavy atom. The van der Waals surface area contributed by atoms with E-state index in [-0.39, 0.29) is 23.5 Å². The molecule has 9 nitrogen and oxygen atoms in total. The summed E-state index contributed by atoms with van der Waals surface area (Å²) < 4.78 is 5.67. The summed E-state index contributed by atoms with van der Waals surface area (Å²) in [6.07, 6.45) is 2.65. The number of benzene rings is 2. The number of nitro groups is 1. The van der Waals surface area contributed by atoms with Crippen molar-refractivity contribution in [2.75, 3.05) is 18.6 Å². The Morgan fingerprint density at radius 2 is 1.91 bits per heavy atom. The number of urea groups is 1. The highest BCUT2D eigenvalue weighted by atomic mass is 16.6. The van der Waals surface area contributed by atoms with E-state index in [1.165, 1.54) is 29.8 Å². The van der Waals surface area contributed by atoms with E-state index >= 15 is 0 Å². The lowest BCUT2D eigenvalue weighted by Crippen LogP contribution is -2.48. The fourth-order valence-corrected chi connectivity index (χ4v) is 5.19. The highest BCUT2D eigenvalue weighted by Crippen LogP contribution is 2.46. The van der Waals surface area contributed by atoms with Crippen LogP contribution in [0, 0.1) is 10.1 Å². The molecule has 0 radical (unpaired) electrons. The van der Waals surface area contributed by atoms with Crippen LogP contribution in [0.25, 0.3) is 6.08 Å². The molecule has 1 N–H and O–H groups in total. The van der Waals surface area contributed by atoms with Crippen molar-refractivity contribution in [3.05, 3.63) is 68.9 Å². The lowest BCUT2D eigenvalue weighted by atomic mass is 9.79. The lowest BCUT2D eigenvalue weighted by molar-refractivity contribution is -0.384. The zero-order valence-electron chi connectivity index (χ0n) is 20.6. The molecule has 2 heterocycles. The number of hydrogen-bond donors (Lipinski definition) is 1. The number of ether oxygens (including phenoxy) is 1. The van der Waals surface area contributed by atoms with Gasteiger partial charge in [-0.1, -0.05) is 19.1 Å². The number of imide groups is 1. The van der Waals surface area contributed by atoms with Crippen LogP contribution in [0.3, 0.4) is 0 Å². The number of carbonyl (C=O) groups excluding carboxylic acids is 2. The summed E-state index contributed by atoms with van der Waals surface area (Å²) in [5, 5.41) is 13.5. The first-order valence-corrected chi connectivity index (χ1v) is 11.6. The molecule has 0 bridgehead atoms. The molecule has 35 heavy (non-hydrogen) atoms. The van der Waals surface area contributed by atoms with Crippen molar-refractivity contribution in [3.63, 3.8) is 0 Å². The normalized spacial score (nSPS) is 20.1. The maximum atomic E-state index is 13.1. The SMILES string of the molecule is CCN1c2cc(OC)c(/C=C3/NC(=O)N(Cc4ccc([N+](=O)[O-])cc4)C3=O)cc2C(C)CC1(C)C. The second-order valence-electron chi connectivity index (χ2n) is 9.62. The van der Waals surface area contributed by atoms with Crippen LogP contribution in [0.15, 0.2) is 42.1 Å². The number of amides is 3. The fourth-order valence-electron chi connectivity index (χ4n) is 5.19. The van der Waals surface area contributed by atoms with Gasteiger partial charge in [-0.3, -0.25) is 19.8 Å². The highest BCUT2D eigenvalue weighted by molar-refractivity contribution is 6.14. The summed E-state index contributed by atoms with van der Waals surface area (Å²) in [6.45, 7) is 9.69. The van der Waals surface area contributed by atoms with Gasteiger partial charge in [-0.25, -0.2) is 4.79 Å². The quantitative estimate of drug-likeness (QED) is 0.277. The van der Waals surface area contributed by atoms with Crippen molar-refractivity contribution in [1.82, 2.24) is 10.2 Å². The number of nitro benzene ring substituents is 1. The summed E-state index contributed by atoms with van der Waals surface area (Å²) in [7, 11) is 1.59. The lowest BCUT2D eigenvalue weighted by Gasteiger charge is -2.47. The molecule has 2 aromatic carbocycles. The molecular weight excluding hydrogens is 448 g/mol. The van der Waals surface area contributed by atoms with E-state index in [2.05, 4.69) is 37.9 Å². The molecule has 184 valence electrons. The molecule has 2 aliphatic heterocycles. The summed E-state index contributed by atoms with van der Waals surface area (Å²) >= 11 is 0. The van der Waals surface area contributed by atoms with E-state index in [4.69, 9.17) is 4.74 Å². The minimum absolute atomic E-state index is 0.0128. The van der Waals surface area contributed by atoms with Crippen LogP contribution >= 0.6 is 0 Å². The Hall–Kier alpha value is -3.88. The van der Waals surface area contributed by atoms with Gasteiger partial charge >= 0.3 is 6.03 Å². The average molecular weight is 479 g/mol. The number of nitrogens with one attached hydrogen (secondary N) is 1. The van der Waals surface area contributed by atoms with Gasteiger partial charge in [0.05, 0.1) is 18.6 Å². The highest BCUT2D eigenvalue weighted by Gasteiger charge is 2.37. The molecule has 3 amide bonds. The van der Waals surface area contributed by atoms with Crippen LogP contribution in [-0.2, 0) is 11.3 Å². The van der Waals surface area contributed by atoms with Gasteiger partial charge in [0, 0.05) is 41.5 Å². The van der Waals surface area contributed by atoms with Gasteiger partial charge in [0.25, 0.3) is 11.6 Å². The molecule has 0 aliphatic carbocycles. The first kappa shape index (κ1) is 24.3. The van der Waals surface area contributed by atoms with Crippen molar-refractivity contribution in [3.8, 4) is 5.75 Å². The third-order valence-electron chi connectivity index (χ3n) is 6.80. The second-order valence-corrected chi connectivity index (χ2v) is 9.62. The Morgan fingerprint density at radius 3 is 2.51 bits per heavy atom. The number of fused-ring (bicyclic) bond motifs is 1. The number of nitrogens with zero attached hydrogens (tertiary/aromatic N) is 3. The number of methoxy groups -OCH3 is 1. The second kappa shape index (κ2) is 9.05. The van der Waals surface area contributed by atoms with Crippen LogP contribution < -0.4 is 15.0 Å². The standard InChI is InChI=1S/C26H30N4O5/c1-6-29-22-13-23(35-5)18(11-20(22)16(2)14-26(29,3)4)12-21-24(31)28(25(32)27-21)15-17-7-9-19(10-8-17)30(33)34/h7-13,16H,6,14-15H2,1-5H3,(H,27,32)/b21-12+. The number of rotatable bonds is 6. The smallest absolute Gasteiger partial charge is 0.329 e. The molecule has 0 aromatic heterocycles. The largest absolute Gasteiger partial charge is 0.496 e. The van der Waals surface area contributed by atoms with Crippen LogP contribution in [0.1, 0.15) is 56.7 Å². The maximum Gasteiger partial charge on any atom is 0.329 e. The van der Waals surface area contributed by atoms with Gasteiger partial charge < -0.3 is 15.0 Å². The summed E-state index contributed by atoms with van der Waals surface area (Å²) in [6, 6.07) is 9.30. The van der Waals surface area contributed by atoms with Crippen LogP contribution in [0.5, 0.6) is 5.75 Å². The van der Waals surface area contributed by atoms with Crippen molar-refractivity contribution in [2.45, 2.75) is 52.1 Å². The topological polar surface area (TPSA) is 105 Å². The van der Waals surface area contributed by atoms with E-state index in [1.54, 1.807) is 13.2 Å². The first-order chi connectivity index (χ1) is 16.6. The molecule has 0 spiro atoms. The third-order valence-corrected chi connectivity index (χ3v) is 6.80. The Kier molecular flexibility index (Phi) is 6.27. The number of anilines is 1. The monoisotopic (exact) mass is 478 g/mol. The van der Waals surface area contributed by atoms with E-state index in [9.17, 15) is 19.7 Å². The third kappa shape index (κ3) is 4.45. The number of non-ortho nitro benzene ring substituents is 1. The molecule has 2 aliphatic rings. The molecule has 1 unspecified atom stereocenters. The number of hydrogen-bond acceptors (Lipinski definition) is 6. The molecule has 9 heteroatoms. The Labute approximate surface area is 204 Å². The van der Waals surface area contributed by atoms with Crippen molar-refractivity contribution >= 4 is 29.4 Å². The van der Waals surface area contributed by atoms with Gasteiger partial charge in [-0.15, -0.1) is 0 Å². The summed E-state index contributed by atoms with van der Waals surface area (Å²) in [4.78, 5) is 39.4. The van der Waals surface area contributed by atoms with Crippen molar-refractivity contribution in [1.29, 1.82) is 0 Å². The molecule has 4 rings (SSSR count). The zero-order chi connectivity index (χ0) is 25.5. The van der Waals surface area contributed by atoms with Gasteiger partial charge in [-0.05, 0) is 56.4 Å². The predicted octanol–water partition coefficient (Wildman–Crippen LogP) is 4.81. The van der Waals surface area contributed by atoms with Crippen molar-refractivity contribution < 1.29 is 19.2 Å². The Bertz CT molecular complexity index is 1220. The molecular formula is C26H30N4O5.